The predicted molar refractivity (Wildman–Crippen MR) is 104 cm³/mol. The summed E-state index contributed by atoms with van der Waals surface area (Å²) >= 11 is 0. The van der Waals surface area contributed by atoms with Gasteiger partial charge in [0.25, 0.3) is 0 Å². The Kier molecular flexibility index (Phi) is 7.92. The summed E-state index contributed by atoms with van der Waals surface area (Å²) in [6, 6.07) is 10.7. The molecule has 0 aromatic heterocycles. The van der Waals surface area contributed by atoms with Gasteiger partial charge in [-0.3, -0.25) is 9.69 Å². The number of hydrogen-bond acceptors (Lipinski definition) is 4. The molecule has 2 unspecified atom stereocenters. The number of nitrogens with zero attached hydrogens (tertiary/aromatic N) is 1. The third kappa shape index (κ3) is 6.38. The van der Waals surface area contributed by atoms with Crippen LogP contribution < -0.4 is 10.6 Å². The van der Waals surface area contributed by atoms with Crippen molar-refractivity contribution in [2.24, 2.45) is 5.92 Å². The van der Waals surface area contributed by atoms with Crippen molar-refractivity contribution in [1.29, 1.82) is 0 Å². The number of amides is 1. The number of nitrogens with one attached hydrogen (secondary N) is 2. The van der Waals surface area contributed by atoms with E-state index in [9.17, 15) is 4.79 Å². The quantitative estimate of drug-likeness (QED) is 0.696. The lowest BCUT2D eigenvalue weighted by Crippen LogP contribution is -2.49. The molecule has 2 atom stereocenters. The number of hydrogen-bond donors (Lipinski definition) is 2. The topological polar surface area (TPSA) is 53.6 Å². The molecule has 2 aliphatic heterocycles. The number of benzene rings is 1. The van der Waals surface area contributed by atoms with Crippen LogP contribution in [0.3, 0.4) is 0 Å². The fourth-order valence-corrected chi connectivity index (χ4v) is 3.86. The second-order valence-corrected chi connectivity index (χ2v) is 7.53. The molecule has 0 radical (unpaired) electrons. The lowest BCUT2D eigenvalue weighted by atomic mass is 9.89. The van der Waals surface area contributed by atoms with Gasteiger partial charge in [-0.2, -0.15) is 0 Å². The first-order chi connectivity index (χ1) is 12.8. The molecule has 1 amide bonds. The second kappa shape index (κ2) is 10.7. The van der Waals surface area contributed by atoms with Gasteiger partial charge >= 0.3 is 0 Å². The molecule has 144 valence electrons. The van der Waals surface area contributed by atoms with Gasteiger partial charge in [-0.25, -0.2) is 0 Å². The maximum atomic E-state index is 12.3. The fourth-order valence-electron chi connectivity index (χ4n) is 3.86. The molecule has 2 aliphatic rings. The Balaban J connectivity index is 1.26. The van der Waals surface area contributed by atoms with Crippen molar-refractivity contribution in [3.05, 3.63) is 35.9 Å². The van der Waals surface area contributed by atoms with Gasteiger partial charge in [0.15, 0.2) is 0 Å². The summed E-state index contributed by atoms with van der Waals surface area (Å²) in [6.07, 6.45) is 5.44. The Hall–Kier alpha value is -1.43. The first-order valence-electron chi connectivity index (χ1n) is 10.2. The van der Waals surface area contributed by atoms with Crippen LogP contribution in [0.1, 0.15) is 31.2 Å². The van der Waals surface area contributed by atoms with E-state index in [4.69, 9.17) is 4.74 Å². The average Bonchev–Trinajstić information content (AvgIpc) is 2.71. The van der Waals surface area contributed by atoms with Crippen LogP contribution in [0.4, 0.5) is 0 Å². The molecular formula is C21H33N3O2. The molecule has 3 rings (SSSR count). The molecule has 26 heavy (non-hydrogen) atoms. The Morgan fingerprint density at radius 3 is 2.73 bits per heavy atom. The van der Waals surface area contributed by atoms with Crippen LogP contribution in [0.25, 0.3) is 0 Å². The van der Waals surface area contributed by atoms with Crippen molar-refractivity contribution < 1.29 is 9.53 Å². The van der Waals surface area contributed by atoms with E-state index >= 15 is 0 Å². The van der Waals surface area contributed by atoms with Crippen molar-refractivity contribution >= 4 is 5.91 Å². The molecule has 0 aliphatic carbocycles. The summed E-state index contributed by atoms with van der Waals surface area (Å²) in [7, 11) is 0. The van der Waals surface area contributed by atoms with Crippen LogP contribution in [0.2, 0.25) is 0 Å². The molecule has 0 saturated carbocycles. The first kappa shape index (κ1) is 19.3. The van der Waals surface area contributed by atoms with Crippen LogP contribution in [0, 0.1) is 5.92 Å². The summed E-state index contributed by atoms with van der Waals surface area (Å²) in [5, 5.41) is 6.56. The summed E-state index contributed by atoms with van der Waals surface area (Å²) < 4.78 is 5.35. The highest BCUT2D eigenvalue weighted by Gasteiger charge is 2.25. The summed E-state index contributed by atoms with van der Waals surface area (Å²) in [5.74, 6) is 0.856. The highest BCUT2D eigenvalue weighted by molar-refractivity contribution is 5.81. The van der Waals surface area contributed by atoms with Crippen molar-refractivity contribution in [2.45, 2.75) is 38.1 Å². The standard InChI is InChI=1S/C21H33N3O2/c25-21(22-11-4-12-24-13-15-26-16-14-24)20-10-9-19(17-23-20)8-7-18-5-2-1-3-6-18/h1-3,5-6,19-20,23H,4,7-17H2,(H,22,25). The molecule has 5 nitrogen and oxygen atoms in total. The fraction of sp³-hybridized carbons (Fsp3) is 0.667. The maximum Gasteiger partial charge on any atom is 0.237 e. The Labute approximate surface area is 157 Å². The largest absolute Gasteiger partial charge is 0.379 e. The average molecular weight is 360 g/mol. The zero-order chi connectivity index (χ0) is 18.0. The van der Waals surface area contributed by atoms with Crippen molar-refractivity contribution in [1.82, 2.24) is 15.5 Å². The normalized spacial score (nSPS) is 24.3. The van der Waals surface area contributed by atoms with Gasteiger partial charge in [0.05, 0.1) is 19.3 Å². The van der Waals surface area contributed by atoms with Crippen LogP contribution in [-0.2, 0) is 16.0 Å². The minimum Gasteiger partial charge on any atom is -0.379 e. The second-order valence-electron chi connectivity index (χ2n) is 7.53. The van der Waals surface area contributed by atoms with Gasteiger partial charge in [-0.1, -0.05) is 30.3 Å². The molecular weight excluding hydrogens is 326 g/mol. The van der Waals surface area contributed by atoms with Crippen LogP contribution >= 0.6 is 0 Å². The number of carbonyl (C=O) groups is 1. The van der Waals surface area contributed by atoms with Crippen LogP contribution in [-0.4, -0.2) is 62.8 Å². The number of piperidine rings is 1. The van der Waals surface area contributed by atoms with Gasteiger partial charge in [0.1, 0.15) is 0 Å². The zero-order valence-electron chi connectivity index (χ0n) is 15.8. The first-order valence-corrected chi connectivity index (χ1v) is 10.2. The van der Waals surface area contributed by atoms with E-state index in [0.717, 1.165) is 71.6 Å². The Morgan fingerprint density at radius 2 is 2.00 bits per heavy atom. The number of aryl methyl sites for hydroxylation is 1. The number of carbonyl (C=O) groups excluding carboxylic acids is 1. The van der Waals surface area contributed by atoms with E-state index in [0.29, 0.717) is 5.92 Å². The van der Waals surface area contributed by atoms with E-state index in [2.05, 4.69) is 45.9 Å². The summed E-state index contributed by atoms with van der Waals surface area (Å²) in [4.78, 5) is 14.7. The van der Waals surface area contributed by atoms with Crippen molar-refractivity contribution in [3.8, 4) is 0 Å². The minimum atomic E-state index is -0.00800. The lowest BCUT2D eigenvalue weighted by Gasteiger charge is -2.29. The van der Waals surface area contributed by atoms with Gasteiger partial charge in [0, 0.05) is 19.6 Å². The molecule has 2 N–H and O–H groups in total. The van der Waals surface area contributed by atoms with Crippen LogP contribution in [0.15, 0.2) is 30.3 Å². The third-order valence-corrected chi connectivity index (χ3v) is 5.57. The summed E-state index contributed by atoms with van der Waals surface area (Å²) in [6.45, 7) is 6.48. The molecule has 5 heteroatoms. The molecule has 0 spiro atoms. The highest BCUT2D eigenvalue weighted by Crippen LogP contribution is 2.20. The van der Waals surface area contributed by atoms with Crippen molar-refractivity contribution in [2.75, 3.05) is 45.9 Å². The third-order valence-electron chi connectivity index (χ3n) is 5.57. The molecule has 2 fully saturated rings. The Bertz CT molecular complexity index is 523. The smallest absolute Gasteiger partial charge is 0.237 e. The van der Waals surface area contributed by atoms with Crippen LogP contribution in [0.5, 0.6) is 0 Å². The molecule has 2 heterocycles. The van der Waals surface area contributed by atoms with Gasteiger partial charge in [-0.05, 0) is 56.7 Å². The van der Waals surface area contributed by atoms with Gasteiger partial charge in [0.2, 0.25) is 5.91 Å². The minimum absolute atomic E-state index is 0.00800. The predicted octanol–water partition coefficient (Wildman–Crippen LogP) is 1.83. The molecule has 1 aromatic rings. The van der Waals surface area contributed by atoms with E-state index in [1.54, 1.807) is 0 Å². The molecule has 0 bridgehead atoms. The maximum absolute atomic E-state index is 12.3. The number of rotatable bonds is 8. The zero-order valence-corrected chi connectivity index (χ0v) is 15.8. The lowest BCUT2D eigenvalue weighted by molar-refractivity contribution is -0.123. The SMILES string of the molecule is O=C(NCCCN1CCOCC1)C1CCC(CCc2ccccc2)CN1. The van der Waals surface area contributed by atoms with E-state index in [1.165, 1.54) is 12.0 Å². The molecule has 1 aromatic carbocycles. The van der Waals surface area contributed by atoms with E-state index in [1.807, 2.05) is 0 Å². The van der Waals surface area contributed by atoms with Gasteiger partial charge in [-0.15, -0.1) is 0 Å². The summed E-state index contributed by atoms with van der Waals surface area (Å²) in [5.41, 5.74) is 1.41. The van der Waals surface area contributed by atoms with Crippen molar-refractivity contribution in [3.63, 3.8) is 0 Å². The van der Waals surface area contributed by atoms with Gasteiger partial charge < -0.3 is 15.4 Å². The van der Waals surface area contributed by atoms with E-state index in [-0.39, 0.29) is 11.9 Å². The Morgan fingerprint density at radius 1 is 1.19 bits per heavy atom. The highest BCUT2D eigenvalue weighted by atomic mass is 16.5. The van der Waals surface area contributed by atoms with E-state index < -0.39 is 0 Å². The number of ether oxygens (including phenoxy) is 1. The monoisotopic (exact) mass is 359 g/mol. The number of morpholine rings is 1. The molecule has 2 saturated heterocycles.